The lowest BCUT2D eigenvalue weighted by Gasteiger charge is -2.47. The van der Waals surface area contributed by atoms with Gasteiger partial charge in [-0.25, -0.2) is 4.57 Å². The van der Waals surface area contributed by atoms with E-state index in [4.69, 9.17) is 32.9 Å². The molecule has 2 aliphatic rings. The van der Waals surface area contributed by atoms with E-state index in [-0.39, 0.29) is 38.2 Å². The third-order valence-corrected chi connectivity index (χ3v) is 17.1. The number of aliphatic hydroxyl groups excluding tert-OH is 2. The molecule has 520 valence electrons. The molecule has 10 atom stereocenters. The van der Waals surface area contributed by atoms with Crippen molar-refractivity contribution in [3.8, 4) is 0 Å². The van der Waals surface area contributed by atoms with Gasteiger partial charge in [0.05, 0.1) is 13.2 Å². The molecular weight excluding hydrogens is 1170 g/mol. The highest BCUT2D eigenvalue weighted by Gasteiger charge is 2.54. The Labute approximate surface area is 534 Å². The molecule has 22 nitrogen and oxygen atoms in total. The zero-order valence-corrected chi connectivity index (χ0v) is 56.4. The summed E-state index contributed by atoms with van der Waals surface area (Å²) < 4.78 is 54.3. The Morgan fingerprint density at radius 2 is 0.730 bits per heavy atom. The Bertz CT molecular complexity index is 1920. The molecular formula is C66H123N4O18P. The minimum absolute atomic E-state index is 0.0114. The fraction of sp³-hybridized carbons (Fsp3) is 0.909. The first kappa shape index (κ1) is 81.8. The maximum Gasteiger partial charge on any atom is 0.470 e. The topological polar surface area (TPSA) is 313 Å². The van der Waals surface area contributed by atoms with Gasteiger partial charge in [0.25, 0.3) is 0 Å². The molecule has 0 unspecified atom stereocenters. The third-order valence-electron chi connectivity index (χ3n) is 16.6. The monoisotopic (exact) mass is 1290 g/mol. The quantitative estimate of drug-likeness (QED) is 0.0159. The van der Waals surface area contributed by atoms with E-state index in [0.717, 1.165) is 135 Å². The molecule has 0 radical (unpaired) electrons. The van der Waals surface area contributed by atoms with Crippen LogP contribution in [0.4, 0.5) is 0 Å². The lowest BCUT2D eigenvalue weighted by atomic mass is 9.95. The number of hydrogen-bond donors (Lipinski definition) is 8. The van der Waals surface area contributed by atoms with Gasteiger partial charge >= 0.3 is 19.8 Å². The number of carbonyl (C=O) groups is 6. The Morgan fingerprint density at radius 3 is 1.08 bits per heavy atom. The summed E-state index contributed by atoms with van der Waals surface area (Å²) in [5.41, 5.74) is 0. The van der Waals surface area contributed by atoms with Crippen LogP contribution in [0.5, 0.6) is 0 Å². The van der Waals surface area contributed by atoms with Gasteiger partial charge in [-0.05, 0) is 32.6 Å². The Hall–Kier alpha value is -3.31. The van der Waals surface area contributed by atoms with E-state index >= 15 is 0 Å². The Balaban J connectivity index is 2.43. The molecule has 2 heterocycles. The van der Waals surface area contributed by atoms with Crippen molar-refractivity contribution < 1.29 is 86.3 Å². The molecule has 23 heteroatoms. The number of unbranched alkanes of at least 4 members (excludes halogenated alkanes) is 32. The van der Waals surface area contributed by atoms with Gasteiger partial charge in [-0.3, -0.25) is 33.3 Å². The van der Waals surface area contributed by atoms with E-state index in [1.807, 2.05) is 0 Å². The number of esters is 2. The van der Waals surface area contributed by atoms with Crippen LogP contribution in [0.15, 0.2) is 0 Å². The number of nitrogens with one attached hydrogen (secondary N) is 4. The zero-order chi connectivity index (χ0) is 65.3. The summed E-state index contributed by atoms with van der Waals surface area (Å²) in [6.07, 6.45) is 24.4. The van der Waals surface area contributed by atoms with Crippen molar-refractivity contribution in [3.05, 3.63) is 0 Å². The number of carbonyl (C=O) groups excluding carboxylic acids is 6. The number of phosphoric ester groups is 1. The van der Waals surface area contributed by atoms with Crippen LogP contribution in [0, 0.1) is 0 Å². The summed E-state index contributed by atoms with van der Waals surface area (Å²) in [5, 5.41) is 33.7. The maximum absolute atomic E-state index is 14.0. The van der Waals surface area contributed by atoms with Crippen LogP contribution >= 0.6 is 7.82 Å². The Morgan fingerprint density at radius 1 is 0.416 bits per heavy atom. The van der Waals surface area contributed by atoms with E-state index in [1.54, 1.807) is 6.92 Å². The van der Waals surface area contributed by atoms with Crippen LogP contribution in [0.1, 0.15) is 291 Å². The molecule has 2 aliphatic heterocycles. The second-order valence-electron chi connectivity index (χ2n) is 24.6. The highest BCUT2D eigenvalue weighted by atomic mass is 31.2. The fourth-order valence-electron chi connectivity index (χ4n) is 11.4. The van der Waals surface area contributed by atoms with Crippen LogP contribution in [0.25, 0.3) is 0 Å². The fourth-order valence-corrected chi connectivity index (χ4v) is 12.0. The average Bonchev–Trinajstić information content (AvgIpc) is 0.937. The number of amides is 4. The van der Waals surface area contributed by atoms with Gasteiger partial charge in [0.2, 0.25) is 23.6 Å². The van der Waals surface area contributed by atoms with Crippen molar-refractivity contribution in [2.24, 2.45) is 0 Å². The molecule has 0 saturated carbocycles. The van der Waals surface area contributed by atoms with E-state index in [0.29, 0.717) is 25.7 Å². The summed E-state index contributed by atoms with van der Waals surface area (Å²) in [7, 11) is -5.44. The largest absolute Gasteiger partial charge is 0.470 e. The number of hydrogen-bond acceptors (Lipinski definition) is 16. The molecule has 89 heavy (non-hydrogen) atoms. The predicted octanol–water partition coefficient (Wildman–Crippen LogP) is 11.0. The predicted molar refractivity (Wildman–Crippen MR) is 342 cm³/mol. The first-order valence-electron chi connectivity index (χ1n) is 35.1. The van der Waals surface area contributed by atoms with Gasteiger partial charge < -0.3 is 69.7 Å². The summed E-state index contributed by atoms with van der Waals surface area (Å²) >= 11 is 0. The number of aliphatic hydroxyl groups is 2. The van der Waals surface area contributed by atoms with Gasteiger partial charge in [-0.2, -0.15) is 0 Å². The SMILES string of the molecule is CCCCCCCCCCCCCC(=O)N[C@H]1[C@H](OC[C@H]2O[C@H](OCC)[C@H](NC(=O)CCCCCCCCCCCCC)[C@@H](OC(=O)CNC(=O)CCCCCCCCC)[C@@H]2O)O[C@H](CO)[C@@H](OP(=O)(O)O)[C@@H]1OC(=O)CNC(=O)CCCCCCCCC. The molecule has 0 bridgehead atoms. The summed E-state index contributed by atoms with van der Waals surface area (Å²) in [4.78, 5) is 101. The molecule has 2 rings (SSSR count). The number of rotatable bonds is 56. The van der Waals surface area contributed by atoms with E-state index in [9.17, 15) is 53.3 Å². The van der Waals surface area contributed by atoms with Gasteiger partial charge in [-0.15, -0.1) is 0 Å². The molecule has 0 aromatic heterocycles. The van der Waals surface area contributed by atoms with Crippen molar-refractivity contribution in [3.63, 3.8) is 0 Å². The second kappa shape index (κ2) is 52.1. The lowest BCUT2D eigenvalue weighted by molar-refractivity contribution is -0.303. The Kier molecular flexibility index (Phi) is 47.9. The minimum atomic E-state index is -5.44. The molecule has 0 aliphatic carbocycles. The van der Waals surface area contributed by atoms with Gasteiger partial charge in [-0.1, -0.05) is 233 Å². The molecule has 0 aromatic rings. The van der Waals surface area contributed by atoms with Crippen molar-refractivity contribution in [1.29, 1.82) is 0 Å². The van der Waals surface area contributed by atoms with Gasteiger partial charge in [0, 0.05) is 32.3 Å². The maximum atomic E-state index is 14.0. The highest BCUT2D eigenvalue weighted by Crippen LogP contribution is 2.42. The molecule has 2 fully saturated rings. The first-order chi connectivity index (χ1) is 43.0. The van der Waals surface area contributed by atoms with Gasteiger partial charge in [0.1, 0.15) is 49.6 Å². The van der Waals surface area contributed by atoms with Crippen LogP contribution < -0.4 is 21.3 Å². The van der Waals surface area contributed by atoms with Crippen LogP contribution in [-0.2, 0) is 66.3 Å². The second-order valence-corrected chi connectivity index (χ2v) is 25.8. The minimum Gasteiger partial charge on any atom is -0.456 e. The highest BCUT2D eigenvalue weighted by molar-refractivity contribution is 7.46. The standard InChI is InChI=1S/C66H123N4O18P/c1-6-11-15-19-23-25-27-29-33-37-41-45-55(74)69-59-63(86-57(76)47-67-53(72)43-39-35-31-21-17-13-8-3)61(78)52(85-65(59)82-10-5)50-83-66-60(70-56(75)46-42-38-34-30-28-26-24-20-16-12-7-2)64(62(51(49-71)84-66)88-89(79,80)81)87-58(77)48-68-54(73)44-40-36-32-22-18-14-9-4/h51-52,59-66,71,78H,6-50H2,1-5H3,(H,67,72)(H,68,73)(H,69,74)(H,70,75)(H2,79,80,81)/t51-,52-,59-,60-,61-,62-,63-,64-,65+,66-/m1/s1. The summed E-state index contributed by atoms with van der Waals surface area (Å²) in [6, 6.07) is -2.86. The average molecular weight is 1290 g/mol. The molecule has 8 N–H and O–H groups in total. The number of ether oxygens (including phenoxy) is 6. The number of phosphoric acid groups is 1. The molecule has 4 amide bonds. The molecule has 2 saturated heterocycles. The van der Waals surface area contributed by atoms with Crippen LogP contribution in [0.2, 0.25) is 0 Å². The van der Waals surface area contributed by atoms with Crippen molar-refractivity contribution >= 4 is 43.4 Å². The third kappa shape index (κ3) is 39.1. The van der Waals surface area contributed by atoms with E-state index in [1.165, 1.54) is 70.6 Å². The summed E-state index contributed by atoms with van der Waals surface area (Å²) in [5.74, 6) is -3.73. The first-order valence-corrected chi connectivity index (χ1v) is 36.6. The normalized spacial score (nSPS) is 21.9. The van der Waals surface area contributed by atoms with E-state index < -0.39 is 125 Å². The van der Waals surface area contributed by atoms with Crippen molar-refractivity contribution in [2.75, 3.05) is 32.9 Å². The lowest BCUT2D eigenvalue weighted by Crippen LogP contribution is -2.68. The van der Waals surface area contributed by atoms with Crippen molar-refractivity contribution in [2.45, 2.75) is 353 Å². The molecule has 0 spiro atoms. The van der Waals surface area contributed by atoms with Gasteiger partial charge in [0.15, 0.2) is 24.8 Å². The zero-order valence-electron chi connectivity index (χ0n) is 55.5. The molecule has 0 aromatic carbocycles. The van der Waals surface area contributed by atoms with Crippen LogP contribution in [-0.4, -0.2) is 150 Å². The smallest absolute Gasteiger partial charge is 0.456 e. The summed E-state index contributed by atoms with van der Waals surface area (Å²) in [6.45, 7) is 7.59. The van der Waals surface area contributed by atoms with E-state index in [2.05, 4.69) is 49.0 Å². The van der Waals surface area contributed by atoms with Crippen LogP contribution in [0.3, 0.4) is 0 Å². The van der Waals surface area contributed by atoms with Crippen molar-refractivity contribution in [1.82, 2.24) is 21.3 Å².